The Kier molecular flexibility index (Phi) is 3.97. The number of carbonyl (C=O) groups excluding carboxylic acids is 1. The Morgan fingerprint density at radius 1 is 1.19 bits per heavy atom. The molecule has 1 saturated heterocycles. The molecule has 1 aromatic carbocycles. The van der Waals surface area contributed by atoms with Crippen molar-refractivity contribution in [2.75, 3.05) is 13.1 Å². The summed E-state index contributed by atoms with van der Waals surface area (Å²) in [4.78, 5) is 14.3. The smallest absolute Gasteiger partial charge is 0.224 e. The van der Waals surface area contributed by atoms with Crippen molar-refractivity contribution in [1.82, 2.24) is 9.47 Å². The molecule has 0 bridgehead atoms. The number of rotatable bonds is 3. The van der Waals surface area contributed by atoms with Crippen LogP contribution in [0.1, 0.15) is 20.3 Å². The van der Waals surface area contributed by atoms with Gasteiger partial charge in [-0.05, 0) is 31.4 Å². The van der Waals surface area contributed by atoms with Gasteiger partial charge in [-0.2, -0.15) is 0 Å². The molecule has 1 fully saturated rings. The van der Waals surface area contributed by atoms with Gasteiger partial charge in [0.2, 0.25) is 5.91 Å². The van der Waals surface area contributed by atoms with Crippen LogP contribution in [0, 0.1) is 0 Å². The van der Waals surface area contributed by atoms with E-state index in [9.17, 15) is 4.79 Å². The van der Waals surface area contributed by atoms with Crippen LogP contribution in [0.4, 0.5) is 0 Å². The van der Waals surface area contributed by atoms with Crippen LogP contribution in [0.25, 0.3) is 10.9 Å². The fourth-order valence-electron chi connectivity index (χ4n) is 3.09. The van der Waals surface area contributed by atoms with E-state index >= 15 is 0 Å². The fourth-order valence-corrected chi connectivity index (χ4v) is 3.09. The quantitative estimate of drug-likeness (QED) is 0.869. The number of nitrogens with zero attached hydrogens (tertiary/aromatic N) is 2. The maximum absolute atomic E-state index is 12.4. The largest absolute Gasteiger partial charge is 0.372 e. The maximum atomic E-state index is 12.4. The lowest BCUT2D eigenvalue weighted by molar-refractivity contribution is -0.143. The van der Waals surface area contributed by atoms with E-state index in [4.69, 9.17) is 4.74 Å². The van der Waals surface area contributed by atoms with Crippen molar-refractivity contribution in [3.8, 4) is 0 Å². The van der Waals surface area contributed by atoms with E-state index < -0.39 is 0 Å². The molecule has 112 valence electrons. The van der Waals surface area contributed by atoms with Crippen molar-refractivity contribution in [1.29, 1.82) is 0 Å². The van der Waals surface area contributed by atoms with Gasteiger partial charge in [0.1, 0.15) is 0 Å². The minimum Gasteiger partial charge on any atom is -0.372 e. The number of carbonyl (C=O) groups is 1. The third-order valence-electron chi connectivity index (χ3n) is 4.02. The number of aromatic nitrogens is 1. The molecule has 0 spiro atoms. The molecule has 2 aromatic rings. The molecule has 3 rings (SSSR count). The minimum absolute atomic E-state index is 0.130. The highest BCUT2D eigenvalue weighted by Gasteiger charge is 2.25. The summed E-state index contributed by atoms with van der Waals surface area (Å²) in [5.41, 5.74) is 1.19. The number of morpholine rings is 1. The van der Waals surface area contributed by atoms with Crippen molar-refractivity contribution in [2.45, 2.75) is 39.0 Å². The average Bonchev–Trinajstić information content (AvgIpc) is 2.87. The summed E-state index contributed by atoms with van der Waals surface area (Å²) in [6.45, 7) is 6.18. The number of para-hydroxylation sites is 1. The van der Waals surface area contributed by atoms with Gasteiger partial charge in [0.05, 0.1) is 12.2 Å². The SMILES string of the molecule is CC1CN(C(=O)CCn2ccc3ccccc32)CC(C)O1. The van der Waals surface area contributed by atoms with Crippen LogP contribution in [0.2, 0.25) is 0 Å². The fraction of sp³-hybridized carbons (Fsp3) is 0.471. The normalized spacial score (nSPS) is 22.7. The summed E-state index contributed by atoms with van der Waals surface area (Å²) >= 11 is 0. The van der Waals surface area contributed by atoms with Gasteiger partial charge in [0.25, 0.3) is 0 Å². The second kappa shape index (κ2) is 5.90. The molecule has 1 aliphatic rings. The molecule has 0 N–H and O–H groups in total. The predicted molar refractivity (Wildman–Crippen MR) is 83.1 cm³/mol. The van der Waals surface area contributed by atoms with Crippen molar-refractivity contribution in [2.24, 2.45) is 0 Å². The molecular weight excluding hydrogens is 264 g/mol. The zero-order valence-corrected chi connectivity index (χ0v) is 12.7. The highest BCUT2D eigenvalue weighted by molar-refractivity contribution is 5.80. The first-order chi connectivity index (χ1) is 10.1. The first kappa shape index (κ1) is 14.1. The van der Waals surface area contributed by atoms with E-state index in [0.29, 0.717) is 19.5 Å². The maximum Gasteiger partial charge on any atom is 0.224 e. The van der Waals surface area contributed by atoms with Gasteiger partial charge >= 0.3 is 0 Å². The standard InChI is InChI=1S/C17H22N2O2/c1-13-11-19(12-14(2)21-13)17(20)8-10-18-9-7-15-5-3-4-6-16(15)18/h3-7,9,13-14H,8,10-12H2,1-2H3. The zero-order chi connectivity index (χ0) is 14.8. The van der Waals surface area contributed by atoms with Gasteiger partial charge in [-0.3, -0.25) is 4.79 Å². The molecule has 0 saturated carbocycles. The molecule has 4 nitrogen and oxygen atoms in total. The Balaban J connectivity index is 1.63. The predicted octanol–water partition coefficient (Wildman–Crippen LogP) is 2.67. The first-order valence-electron chi connectivity index (χ1n) is 7.60. The number of hydrogen-bond donors (Lipinski definition) is 0. The zero-order valence-electron chi connectivity index (χ0n) is 12.7. The highest BCUT2D eigenvalue weighted by atomic mass is 16.5. The number of fused-ring (bicyclic) bond motifs is 1. The van der Waals surface area contributed by atoms with Crippen LogP contribution in [0.15, 0.2) is 36.5 Å². The van der Waals surface area contributed by atoms with Gasteiger partial charge in [-0.15, -0.1) is 0 Å². The summed E-state index contributed by atoms with van der Waals surface area (Å²) in [6.07, 6.45) is 2.86. The van der Waals surface area contributed by atoms with Crippen LogP contribution < -0.4 is 0 Å². The molecule has 1 aromatic heterocycles. The Hall–Kier alpha value is -1.81. The molecule has 4 heteroatoms. The Morgan fingerprint density at radius 2 is 1.90 bits per heavy atom. The van der Waals surface area contributed by atoms with Crippen molar-refractivity contribution in [3.05, 3.63) is 36.5 Å². The minimum atomic E-state index is 0.130. The van der Waals surface area contributed by atoms with Gasteiger partial charge in [-0.1, -0.05) is 18.2 Å². The third-order valence-corrected chi connectivity index (χ3v) is 4.02. The van der Waals surface area contributed by atoms with E-state index in [-0.39, 0.29) is 18.1 Å². The Bertz CT molecular complexity index is 625. The van der Waals surface area contributed by atoms with Crippen molar-refractivity contribution in [3.63, 3.8) is 0 Å². The monoisotopic (exact) mass is 286 g/mol. The van der Waals surface area contributed by atoms with Crippen LogP contribution in [-0.2, 0) is 16.1 Å². The molecule has 2 heterocycles. The number of benzene rings is 1. The average molecular weight is 286 g/mol. The number of hydrogen-bond acceptors (Lipinski definition) is 2. The van der Waals surface area contributed by atoms with E-state index in [1.807, 2.05) is 30.9 Å². The van der Waals surface area contributed by atoms with E-state index in [1.165, 1.54) is 10.9 Å². The second-order valence-electron chi connectivity index (χ2n) is 5.87. The number of ether oxygens (including phenoxy) is 1. The summed E-state index contributed by atoms with van der Waals surface area (Å²) < 4.78 is 7.83. The van der Waals surface area contributed by atoms with Gasteiger partial charge < -0.3 is 14.2 Å². The van der Waals surface area contributed by atoms with Gasteiger partial charge in [0, 0.05) is 37.8 Å². The molecule has 21 heavy (non-hydrogen) atoms. The van der Waals surface area contributed by atoms with Gasteiger partial charge in [-0.25, -0.2) is 0 Å². The topological polar surface area (TPSA) is 34.5 Å². The number of aryl methyl sites for hydroxylation is 1. The summed E-state index contributed by atoms with van der Waals surface area (Å²) in [6, 6.07) is 10.4. The summed E-state index contributed by atoms with van der Waals surface area (Å²) in [5.74, 6) is 0.217. The van der Waals surface area contributed by atoms with E-state index in [0.717, 1.165) is 6.54 Å². The van der Waals surface area contributed by atoms with Crippen LogP contribution in [-0.4, -0.2) is 40.7 Å². The molecule has 2 atom stereocenters. The van der Waals surface area contributed by atoms with Crippen LogP contribution >= 0.6 is 0 Å². The second-order valence-corrected chi connectivity index (χ2v) is 5.87. The van der Waals surface area contributed by atoms with Gasteiger partial charge in [0.15, 0.2) is 0 Å². The number of amides is 1. The van der Waals surface area contributed by atoms with Crippen molar-refractivity contribution >= 4 is 16.8 Å². The molecule has 0 radical (unpaired) electrons. The van der Waals surface area contributed by atoms with Crippen LogP contribution in [0.3, 0.4) is 0 Å². The molecule has 0 aliphatic carbocycles. The summed E-state index contributed by atoms with van der Waals surface area (Å²) in [5, 5.41) is 1.22. The summed E-state index contributed by atoms with van der Waals surface area (Å²) in [7, 11) is 0. The lowest BCUT2D eigenvalue weighted by Crippen LogP contribution is -2.48. The lowest BCUT2D eigenvalue weighted by atomic mass is 10.2. The molecule has 1 aliphatic heterocycles. The third kappa shape index (κ3) is 3.10. The molecule has 2 unspecified atom stereocenters. The van der Waals surface area contributed by atoms with Crippen LogP contribution in [0.5, 0.6) is 0 Å². The van der Waals surface area contributed by atoms with E-state index in [2.05, 4.69) is 29.0 Å². The molecule has 1 amide bonds. The van der Waals surface area contributed by atoms with E-state index in [1.54, 1.807) is 0 Å². The first-order valence-corrected chi connectivity index (χ1v) is 7.60. The Morgan fingerprint density at radius 3 is 2.67 bits per heavy atom. The highest BCUT2D eigenvalue weighted by Crippen LogP contribution is 2.16. The Labute approximate surface area is 125 Å². The lowest BCUT2D eigenvalue weighted by Gasteiger charge is -2.35. The molecular formula is C17H22N2O2. The van der Waals surface area contributed by atoms with Crippen molar-refractivity contribution < 1.29 is 9.53 Å².